The van der Waals surface area contributed by atoms with Crippen LogP contribution in [-0.4, -0.2) is 27.6 Å². The zero-order chi connectivity index (χ0) is 26.0. The number of hydrogen-bond acceptors (Lipinski definition) is 4. The van der Waals surface area contributed by atoms with Crippen molar-refractivity contribution in [1.82, 2.24) is 19.9 Å². The van der Waals surface area contributed by atoms with E-state index in [1.54, 1.807) is 12.3 Å². The van der Waals surface area contributed by atoms with Crippen LogP contribution < -0.4 is 10.6 Å². The minimum absolute atomic E-state index is 0.0273. The molecule has 0 spiro atoms. The number of halogens is 3. The Morgan fingerprint density at radius 3 is 2.57 bits per heavy atom. The zero-order valence-electron chi connectivity index (χ0n) is 20.9. The van der Waals surface area contributed by atoms with Gasteiger partial charge in [0.25, 0.3) is 0 Å². The van der Waals surface area contributed by atoms with Gasteiger partial charge in [-0.1, -0.05) is 42.5 Å². The van der Waals surface area contributed by atoms with Crippen LogP contribution in [0.4, 0.5) is 19.0 Å². The lowest BCUT2D eigenvalue weighted by atomic mass is 9.99. The van der Waals surface area contributed by atoms with E-state index in [9.17, 15) is 13.2 Å². The number of aromatic nitrogens is 3. The Bertz CT molecular complexity index is 1360. The number of rotatable bonds is 6. The Kier molecular flexibility index (Phi) is 7.02. The average molecular weight is 506 g/mol. The maximum Gasteiger partial charge on any atom is 0.416 e. The van der Waals surface area contributed by atoms with E-state index in [-0.39, 0.29) is 12.0 Å². The molecule has 2 N–H and O–H groups in total. The third-order valence-electron chi connectivity index (χ3n) is 6.95. The molecule has 0 radical (unpaired) electrons. The molecule has 1 saturated heterocycles. The first kappa shape index (κ1) is 25.0. The molecule has 2 aromatic heterocycles. The van der Waals surface area contributed by atoms with Gasteiger partial charge >= 0.3 is 6.18 Å². The summed E-state index contributed by atoms with van der Waals surface area (Å²) >= 11 is 0. The van der Waals surface area contributed by atoms with Crippen molar-refractivity contribution in [3.05, 3.63) is 89.9 Å². The van der Waals surface area contributed by atoms with Gasteiger partial charge in [-0.25, -0.2) is 9.97 Å². The zero-order valence-corrected chi connectivity index (χ0v) is 20.9. The third-order valence-corrected chi connectivity index (χ3v) is 6.95. The summed E-state index contributed by atoms with van der Waals surface area (Å²) in [7, 11) is 1.90. The van der Waals surface area contributed by atoms with Crippen molar-refractivity contribution >= 4 is 5.82 Å². The van der Waals surface area contributed by atoms with Gasteiger partial charge in [0.15, 0.2) is 0 Å². The minimum atomic E-state index is -4.42. The molecule has 192 valence electrons. The van der Waals surface area contributed by atoms with Crippen molar-refractivity contribution < 1.29 is 13.2 Å². The van der Waals surface area contributed by atoms with Crippen molar-refractivity contribution in [3.8, 4) is 22.5 Å². The van der Waals surface area contributed by atoms with Crippen molar-refractivity contribution in [1.29, 1.82) is 0 Å². The number of pyridine rings is 1. The fourth-order valence-corrected chi connectivity index (χ4v) is 5.03. The highest BCUT2D eigenvalue weighted by molar-refractivity contribution is 5.80. The summed E-state index contributed by atoms with van der Waals surface area (Å²) in [6.07, 6.45) is -0.697. The van der Waals surface area contributed by atoms with E-state index in [0.29, 0.717) is 22.8 Å². The Morgan fingerprint density at radius 1 is 1.03 bits per heavy atom. The lowest BCUT2D eigenvalue weighted by Gasteiger charge is -2.22. The molecule has 0 aliphatic carbocycles. The number of imidazole rings is 1. The lowest BCUT2D eigenvalue weighted by molar-refractivity contribution is -0.137. The van der Waals surface area contributed by atoms with Crippen LogP contribution >= 0.6 is 0 Å². The second-order valence-corrected chi connectivity index (χ2v) is 9.55. The highest BCUT2D eigenvalue weighted by Crippen LogP contribution is 2.38. The predicted molar refractivity (Wildman–Crippen MR) is 140 cm³/mol. The van der Waals surface area contributed by atoms with Crippen LogP contribution in [0.1, 0.15) is 48.7 Å². The number of piperidine rings is 1. The summed E-state index contributed by atoms with van der Waals surface area (Å²) in [4.78, 5) is 9.53. The Hall–Kier alpha value is -3.65. The Labute approximate surface area is 214 Å². The minimum Gasteiger partial charge on any atom is -0.364 e. The monoisotopic (exact) mass is 505 g/mol. The second kappa shape index (κ2) is 10.4. The van der Waals surface area contributed by atoms with Gasteiger partial charge < -0.3 is 15.2 Å². The van der Waals surface area contributed by atoms with Crippen LogP contribution in [0.15, 0.2) is 72.9 Å². The molecule has 1 fully saturated rings. The van der Waals surface area contributed by atoms with Crippen LogP contribution in [0.5, 0.6) is 0 Å². The molecule has 5 rings (SSSR count). The quantitative estimate of drug-likeness (QED) is 0.302. The van der Waals surface area contributed by atoms with Crippen LogP contribution in [0.3, 0.4) is 0 Å². The second-order valence-electron chi connectivity index (χ2n) is 9.55. The molecule has 4 aromatic rings. The number of anilines is 1. The number of nitrogens with zero attached hydrogens (tertiary/aromatic N) is 3. The van der Waals surface area contributed by atoms with Crippen molar-refractivity contribution in [2.75, 3.05) is 18.4 Å². The average Bonchev–Trinajstić information content (AvgIpc) is 3.26. The molecule has 1 aliphatic heterocycles. The van der Waals surface area contributed by atoms with Gasteiger partial charge in [0.1, 0.15) is 11.6 Å². The molecule has 0 amide bonds. The Morgan fingerprint density at radius 2 is 1.84 bits per heavy atom. The molecular formula is C29H30F3N5. The van der Waals surface area contributed by atoms with E-state index in [2.05, 4.69) is 34.7 Å². The highest BCUT2D eigenvalue weighted by atomic mass is 19.4. The van der Waals surface area contributed by atoms with Crippen molar-refractivity contribution in [3.63, 3.8) is 0 Å². The first-order valence-corrected chi connectivity index (χ1v) is 12.5. The fraction of sp³-hybridized carbons (Fsp3) is 0.310. The number of benzene rings is 2. The molecule has 0 bridgehead atoms. The summed E-state index contributed by atoms with van der Waals surface area (Å²) in [6.45, 7) is 3.82. The van der Waals surface area contributed by atoms with E-state index in [1.165, 1.54) is 12.1 Å². The smallest absolute Gasteiger partial charge is 0.364 e. The van der Waals surface area contributed by atoms with Gasteiger partial charge in [0.05, 0.1) is 17.0 Å². The van der Waals surface area contributed by atoms with Gasteiger partial charge in [0, 0.05) is 42.9 Å². The van der Waals surface area contributed by atoms with Crippen molar-refractivity contribution in [2.24, 2.45) is 7.05 Å². The molecule has 2 atom stereocenters. The highest BCUT2D eigenvalue weighted by Gasteiger charge is 2.32. The summed E-state index contributed by atoms with van der Waals surface area (Å²) < 4.78 is 42.7. The number of nitrogens with one attached hydrogen (secondary N) is 2. The van der Waals surface area contributed by atoms with Gasteiger partial charge in [0.2, 0.25) is 0 Å². The maximum atomic E-state index is 13.6. The number of hydrogen-bond donors (Lipinski definition) is 2. The topological polar surface area (TPSA) is 54.8 Å². The third kappa shape index (κ3) is 5.39. The molecule has 1 unspecified atom stereocenters. The molecule has 2 aromatic carbocycles. The van der Waals surface area contributed by atoms with Gasteiger partial charge in [-0.2, -0.15) is 13.2 Å². The van der Waals surface area contributed by atoms with E-state index in [4.69, 9.17) is 4.98 Å². The lowest BCUT2D eigenvalue weighted by Crippen LogP contribution is -2.29. The van der Waals surface area contributed by atoms with Crippen LogP contribution in [0.25, 0.3) is 22.5 Å². The van der Waals surface area contributed by atoms with Gasteiger partial charge in [-0.05, 0) is 56.1 Å². The van der Waals surface area contributed by atoms with E-state index in [0.717, 1.165) is 48.9 Å². The summed E-state index contributed by atoms with van der Waals surface area (Å²) in [5, 5.41) is 6.86. The van der Waals surface area contributed by atoms with E-state index >= 15 is 0 Å². The fourth-order valence-electron chi connectivity index (χ4n) is 5.03. The first-order valence-electron chi connectivity index (χ1n) is 12.5. The van der Waals surface area contributed by atoms with Gasteiger partial charge in [-0.15, -0.1) is 0 Å². The molecule has 0 saturated carbocycles. The van der Waals surface area contributed by atoms with Crippen molar-refractivity contribution in [2.45, 2.75) is 37.9 Å². The molecule has 5 nitrogen and oxygen atoms in total. The molecule has 1 aliphatic rings. The van der Waals surface area contributed by atoms with Crippen LogP contribution in [-0.2, 0) is 13.2 Å². The van der Waals surface area contributed by atoms with Crippen LogP contribution in [0.2, 0.25) is 0 Å². The molecule has 37 heavy (non-hydrogen) atoms. The standard InChI is InChI=1S/C29H30F3N5/c1-19(20-8-4-3-5-9-20)35-25-17-21(13-15-34-25)26-27(22-10-6-12-24(16-22)29(30,31)32)37(2)28(36-26)23-11-7-14-33-18-23/h3-6,8-10,12-13,15-17,19,23,33H,7,11,14,18H2,1-2H3,(H,34,35)/t19-,23?/m0/s1. The first-order chi connectivity index (χ1) is 17.8. The summed E-state index contributed by atoms with van der Waals surface area (Å²) in [5.41, 5.74) is 3.06. The van der Waals surface area contributed by atoms with E-state index < -0.39 is 11.7 Å². The van der Waals surface area contributed by atoms with E-state index in [1.807, 2.05) is 41.9 Å². The Balaban J connectivity index is 1.58. The predicted octanol–water partition coefficient (Wildman–Crippen LogP) is 6.81. The number of alkyl halides is 3. The summed E-state index contributed by atoms with van der Waals surface area (Å²) in [6, 6.07) is 19.4. The van der Waals surface area contributed by atoms with Crippen LogP contribution in [0, 0.1) is 0 Å². The molecular weight excluding hydrogens is 475 g/mol. The van der Waals surface area contributed by atoms with Gasteiger partial charge in [-0.3, -0.25) is 0 Å². The largest absolute Gasteiger partial charge is 0.416 e. The normalized spacial score (nSPS) is 16.9. The summed E-state index contributed by atoms with van der Waals surface area (Å²) in [5.74, 6) is 1.74. The SMILES string of the molecule is C[C@H](Nc1cc(-c2nc(C3CCCNC3)n(C)c2-c2cccc(C(F)(F)F)c2)ccn1)c1ccccc1. The molecule has 3 heterocycles. The maximum absolute atomic E-state index is 13.6. The molecule has 8 heteroatoms.